The third-order valence-corrected chi connectivity index (χ3v) is 3.51. The van der Waals surface area contributed by atoms with Gasteiger partial charge in [-0.3, -0.25) is 4.79 Å². The number of aliphatic hydroxyl groups is 1. The van der Waals surface area contributed by atoms with Crippen molar-refractivity contribution in [1.29, 1.82) is 0 Å². The predicted octanol–water partition coefficient (Wildman–Crippen LogP) is 5.34. The molecule has 0 aromatic heterocycles. The molecular weight excluding hydrogens is 272 g/mol. The van der Waals surface area contributed by atoms with Gasteiger partial charge in [0.25, 0.3) is 0 Å². The van der Waals surface area contributed by atoms with Crippen molar-refractivity contribution >= 4 is 6.29 Å². The number of aliphatic hydroxyl groups excluding tert-OH is 1. The van der Waals surface area contributed by atoms with E-state index in [1.54, 1.807) is 6.08 Å². The molecule has 0 radical (unpaired) electrons. The molecule has 0 amide bonds. The van der Waals surface area contributed by atoms with Crippen LogP contribution in [0.4, 0.5) is 0 Å². The Hall–Kier alpha value is -1.15. The Morgan fingerprint density at radius 2 is 1.59 bits per heavy atom. The number of allylic oxidation sites excluding steroid dienone is 5. The molecule has 0 aliphatic rings. The summed E-state index contributed by atoms with van der Waals surface area (Å²) < 4.78 is 0. The molecule has 0 aliphatic carbocycles. The second-order valence-corrected chi connectivity index (χ2v) is 6.92. The van der Waals surface area contributed by atoms with Crippen LogP contribution in [0.1, 0.15) is 61.3 Å². The molecule has 2 nitrogen and oxygen atoms in total. The van der Waals surface area contributed by atoms with Crippen LogP contribution in [-0.4, -0.2) is 18.0 Å². The molecule has 0 aliphatic heterocycles. The van der Waals surface area contributed by atoms with Crippen LogP contribution in [0.15, 0.2) is 35.5 Å². The van der Waals surface area contributed by atoms with E-state index >= 15 is 0 Å². The van der Waals surface area contributed by atoms with Gasteiger partial charge in [-0.05, 0) is 50.5 Å². The minimum Gasteiger partial charge on any atom is -0.396 e. The first-order chi connectivity index (χ1) is 10.1. The standard InChI is InChI=1S/C10H22O.C10H14O/c2*1-8(2)5-6-10(7-11)9(3)4/h8-11H,5-7H2,1-4H3;5-7H,3H2,1-2,4H3/b;10-6-. The molecule has 0 rings (SSSR count). The van der Waals surface area contributed by atoms with Crippen molar-refractivity contribution in [3.05, 3.63) is 35.5 Å². The van der Waals surface area contributed by atoms with E-state index in [-0.39, 0.29) is 0 Å². The van der Waals surface area contributed by atoms with Gasteiger partial charge in [-0.2, -0.15) is 0 Å². The van der Waals surface area contributed by atoms with Gasteiger partial charge in [0.15, 0.2) is 0 Å². The first-order valence-corrected chi connectivity index (χ1v) is 8.22. The zero-order valence-electron chi connectivity index (χ0n) is 15.6. The summed E-state index contributed by atoms with van der Waals surface area (Å²) in [5, 5.41) is 9.01. The highest BCUT2D eigenvalue weighted by Gasteiger charge is 2.11. The van der Waals surface area contributed by atoms with E-state index in [9.17, 15) is 4.79 Å². The Bertz CT molecular complexity index is 369. The zero-order chi connectivity index (χ0) is 17.7. The minimum absolute atomic E-state index is 0.352. The third-order valence-electron chi connectivity index (χ3n) is 3.51. The highest BCUT2D eigenvalue weighted by atomic mass is 16.3. The minimum atomic E-state index is 0.352. The normalized spacial score (nSPS) is 12.5. The van der Waals surface area contributed by atoms with Crippen LogP contribution >= 0.6 is 0 Å². The second kappa shape index (κ2) is 13.5. The topological polar surface area (TPSA) is 37.3 Å². The lowest BCUT2D eigenvalue weighted by molar-refractivity contribution is -0.104. The van der Waals surface area contributed by atoms with E-state index < -0.39 is 0 Å². The molecule has 0 bridgehead atoms. The molecule has 1 atom stereocenters. The van der Waals surface area contributed by atoms with Gasteiger partial charge < -0.3 is 5.11 Å². The van der Waals surface area contributed by atoms with Gasteiger partial charge in [0, 0.05) is 12.2 Å². The molecule has 22 heavy (non-hydrogen) atoms. The van der Waals surface area contributed by atoms with Gasteiger partial charge in [0.1, 0.15) is 6.29 Å². The summed E-state index contributed by atoms with van der Waals surface area (Å²) in [6.45, 7) is 18.6. The lowest BCUT2D eigenvalue weighted by Gasteiger charge is -2.18. The van der Waals surface area contributed by atoms with Crippen molar-refractivity contribution in [1.82, 2.24) is 0 Å². The summed E-state index contributed by atoms with van der Waals surface area (Å²) in [6.07, 6.45) is 6.92. The number of rotatable bonds is 8. The molecule has 0 fully saturated rings. The fraction of sp³-hybridized carbons (Fsp3) is 0.650. The molecule has 0 saturated carbocycles. The second-order valence-electron chi connectivity index (χ2n) is 6.92. The summed E-state index contributed by atoms with van der Waals surface area (Å²) in [6, 6.07) is 0. The van der Waals surface area contributed by atoms with E-state index in [1.807, 2.05) is 26.8 Å². The van der Waals surface area contributed by atoms with Crippen LogP contribution in [0.3, 0.4) is 0 Å². The van der Waals surface area contributed by atoms with Gasteiger partial charge in [0.2, 0.25) is 0 Å². The average molecular weight is 309 g/mol. The maximum atomic E-state index is 10.4. The first-order valence-electron chi connectivity index (χ1n) is 8.22. The van der Waals surface area contributed by atoms with Gasteiger partial charge in [-0.25, -0.2) is 0 Å². The van der Waals surface area contributed by atoms with Crippen LogP contribution in [0.25, 0.3) is 0 Å². The average Bonchev–Trinajstić information content (AvgIpc) is 2.39. The molecule has 0 spiro atoms. The van der Waals surface area contributed by atoms with Crippen LogP contribution in [-0.2, 0) is 4.79 Å². The van der Waals surface area contributed by atoms with E-state index in [0.717, 1.165) is 17.8 Å². The Morgan fingerprint density at radius 3 is 1.86 bits per heavy atom. The molecular formula is C20H36O2. The number of hydrogen-bond donors (Lipinski definition) is 1. The maximum absolute atomic E-state index is 10.4. The van der Waals surface area contributed by atoms with Crippen LogP contribution in [0, 0.1) is 17.8 Å². The molecule has 0 saturated heterocycles. The predicted molar refractivity (Wildman–Crippen MR) is 97.9 cm³/mol. The van der Waals surface area contributed by atoms with Crippen LogP contribution in [0.2, 0.25) is 0 Å². The Kier molecular flexibility index (Phi) is 14.2. The summed E-state index contributed by atoms with van der Waals surface area (Å²) in [5.74, 6) is 1.90. The third kappa shape index (κ3) is 13.8. The molecule has 1 unspecified atom stereocenters. The fourth-order valence-corrected chi connectivity index (χ4v) is 1.72. The SMILES string of the molecule is C=C(C)/C(C=O)=C\C=C(C)C.CC(C)CCC(CO)C(C)C. The lowest BCUT2D eigenvalue weighted by atomic mass is 9.89. The van der Waals surface area contributed by atoms with Crippen molar-refractivity contribution in [3.63, 3.8) is 0 Å². The maximum Gasteiger partial charge on any atom is 0.150 e. The number of hydrogen-bond acceptors (Lipinski definition) is 2. The summed E-state index contributed by atoms with van der Waals surface area (Å²) in [4.78, 5) is 10.4. The number of aldehydes is 1. The molecule has 2 heteroatoms. The van der Waals surface area contributed by atoms with Gasteiger partial charge in [-0.15, -0.1) is 0 Å². The highest BCUT2D eigenvalue weighted by molar-refractivity contribution is 5.80. The summed E-state index contributed by atoms with van der Waals surface area (Å²) in [7, 11) is 0. The van der Waals surface area contributed by atoms with E-state index in [1.165, 1.54) is 18.4 Å². The van der Waals surface area contributed by atoms with Gasteiger partial charge in [-0.1, -0.05) is 58.4 Å². The van der Waals surface area contributed by atoms with Crippen LogP contribution in [0.5, 0.6) is 0 Å². The fourth-order valence-electron chi connectivity index (χ4n) is 1.72. The van der Waals surface area contributed by atoms with E-state index in [4.69, 9.17) is 5.11 Å². The lowest BCUT2D eigenvalue weighted by Crippen LogP contribution is -2.13. The van der Waals surface area contributed by atoms with Crippen molar-refractivity contribution < 1.29 is 9.90 Å². The van der Waals surface area contributed by atoms with Crippen molar-refractivity contribution in [3.8, 4) is 0 Å². The van der Waals surface area contributed by atoms with E-state index in [0.29, 0.717) is 24.0 Å². The molecule has 128 valence electrons. The molecule has 1 N–H and O–H groups in total. The smallest absolute Gasteiger partial charge is 0.150 e. The van der Waals surface area contributed by atoms with Crippen molar-refractivity contribution in [2.24, 2.45) is 17.8 Å². The summed E-state index contributed by atoms with van der Waals surface area (Å²) >= 11 is 0. The van der Waals surface area contributed by atoms with Crippen molar-refractivity contribution in [2.75, 3.05) is 6.61 Å². The van der Waals surface area contributed by atoms with Crippen molar-refractivity contribution in [2.45, 2.75) is 61.3 Å². The molecule has 0 aromatic rings. The Labute approximate surface area is 138 Å². The highest BCUT2D eigenvalue weighted by Crippen LogP contribution is 2.18. The monoisotopic (exact) mass is 308 g/mol. The molecule has 0 heterocycles. The number of carbonyl (C=O) groups is 1. The van der Waals surface area contributed by atoms with E-state index in [2.05, 4.69) is 34.3 Å². The zero-order valence-corrected chi connectivity index (χ0v) is 15.6. The van der Waals surface area contributed by atoms with Crippen LogP contribution < -0.4 is 0 Å². The van der Waals surface area contributed by atoms with Gasteiger partial charge in [0.05, 0.1) is 0 Å². The Balaban J connectivity index is 0. The molecule has 0 aromatic carbocycles. The number of carbonyl (C=O) groups excluding carboxylic acids is 1. The summed E-state index contributed by atoms with van der Waals surface area (Å²) in [5.41, 5.74) is 2.63. The quantitative estimate of drug-likeness (QED) is 0.373. The Morgan fingerprint density at radius 1 is 1.05 bits per heavy atom. The largest absolute Gasteiger partial charge is 0.396 e. The van der Waals surface area contributed by atoms with Gasteiger partial charge >= 0.3 is 0 Å². The first kappa shape index (κ1) is 23.1.